The minimum Gasteiger partial charge on any atom is -0.496 e. The molecule has 1 aromatic rings. The van der Waals surface area contributed by atoms with Gasteiger partial charge in [-0.2, -0.15) is 0 Å². The molecule has 0 radical (unpaired) electrons. The molecule has 2 saturated carbocycles. The SMILES string of the molecule is COc1ccc(NS(=O)(=O)CC23CCC(CC2=O)C3(C)C)c([N+](=O)[O-])c1. The zero-order chi connectivity index (χ0) is 19.3. The maximum atomic E-state index is 12.8. The number of benzene rings is 1. The van der Waals surface area contributed by atoms with E-state index in [2.05, 4.69) is 4.72 Å². The van der Waals surface area contributed by atoms with Crippen LogP contribution in [0.25, 0.3) is 0 Å². The van der Waals surface area contributed by atoms with E-state index in [1.165, 1.54) is 19.2 Å². The normalized spacial score (nSPS) is 26.7. The average molecular weight is 382 g/mol. The van der Waals surface area contributed by atoms with Crippen LogP contribution in [0.15, 0.2) is 18.2 Å². The molecule has 2 aliphatic rings. The van der Waals surface area contributed by atoms with E-state index in [0.29, 0.717) is 12.8 Å². The van der Waals surface area contributed by atoms with Gasteiger partial charge in [-0.25, -0.2) is 8.42 Å². The molecule has 142 valence electrons. The monoisotopic (exact) mass is 382 g/mol. The number of carbonyl (C=O) groups is 1. The van der Waals surface area contributed by atoms with Crippen molar-refractivity contribution in [2.24, 2.45) is 16.7 Å². The van der Waals surface area contributed by atoms with Crippen LogP contribution in [0.1, 0.15) is 33.1 Å². The van der Waals surface area contributed by atoms with Crippen molar-refractivity contribution in [1.29, 1.82) is 0 Å². The summed E-state index contributed by atoms with van der Waals surface area (Å²) in [5, 5.41) is 11.3. The maximum absolute atomic E-state index is 12.8. The first-order chi connectivity index (χ1) is 12.0. The predicted molar refractivity (Wildman–Crippen MR) is 95.6 cm³/mol. The van der Waals surface area contributed by atoms with E-state index in [0.717, 1.165) is 12.5 Å². The van der Waals surface area contributed by atoms with Crippen LogP contribution in [0.3, 0.4) is 0 Å². The zero-order valence-corrected chi connectivity index (χ0v) is 15.8. The summed E-state index contributed by atoms with van der Waals surface area (Å²) in [6.07, 6.45) is 1.78. The Bertz CT molecular complexity index is 879. The van der Waals surface area contributed by atoms with Crippen molar-refractivity contribution in [3.63, 3.8) is 0 Å². The van der Waals surface area contributed by atoms with Gasteiger partial charge in [-0.1, -0.05) is 13.8 Å². The van der Waals surface area contributed by atoms with Crippen LogP contribution in [0.5, 0.6) is 5.75 Å². The smallest absolute Gasteiger partial charge is 0.297 e. The molecule has 1 N–H and O–H groups in total. The van der Waals surface area contributed by atoms with E-state index < -0.39 is 31.5 Å². The molecule has 8 nitrogen and oxygen atoms in total. The van der Waals surface area contributed by atoms with Crippen molar-refractivity contribution in [2.75, 3.05) is 17.6 Å². The van der Waals surface area contributed by atoms with Crippen LogP contribution in [-0.4, -0.2) is 32.0 Å². The van der Waals surface area contributed by atoms with E-state index in [-0.39, 0.29) is 28.9 Å². The van der Waals surface area contributed by atoms with E-state index in [4.69, 9.17) is 4.74 Å². The fraction of sp³-hybridized carbons (Fsp3) is 0.588. The summed E-state index contributed by atoms with van der Waals surface area (Å²) in [6.45, 7) is 3.89. The minimum absolute atomic E-state index is 0.0200. The van der Waals surface area contributed by atoms with Gasteiger partial charge in [0.2, 0.25) is 10.0 Å². The van der Waals surface area contributed by atoms with Crippen molar-refractivity contribution >= 4 is 27.2 Å². The van der Waals surface area contributed by atoms with Gasteiger partial charge in [0.05, 0.1) is 29.3 Å². The average Bonchev–Trinajstić information content (AvgIpc) is 2.88. The van der Waals surface area contributed by atoms with Gasteiger partial charge in [-0.3, -0.25) is 19.6 Å². The summed E-state index contributed by atoms with van der Waals surface area (Å²) in [7, 11) is -2.59. The first-order valence-electron chi connectivity index (χ1n) is 8.39. The van der Waals surface area contributed by atoms with Gasteiger partial charge in [-0.05, 0) is 36.3 Å². The Kier molecular flexibility index (Phi) is 4.25. The lowest BCUT2D eigenvalue weighted by atomic mass is 9.70. The predicted octanol–water partition coefficient (Wildman–Crippen LogP) is 2.74. The molecule has 3 rings (SSSR count). The zero-order valence-electron chi connectivity index (χ0n) is 14.9. The van der Waals surface area contributed by atoms with Crippen molar-refractivity contribution in [3.8, 4) is 5.75 Å². The molecule has 26 heavy (non-hydrogen) atoms. The highest BCUT2D eigenvalue weighted by Crippen LogP contribution is 2.64. The Morgan fingerprint density at radius 2 is 2.08 bits per heavy atom. The summed E-state index contributed by atoms with van der Waals surface area (Å²) >= 11 is 0. The third-order valence-corrected chi connectivity index (χ3v) is 7.65. The molecular weight excluding hydrogens is 360 g/mol. The molecule has 2 unspecified atom stereocenters. The van der Waals surface area contributed by atoms with Gasteiger partial charge in [0.1, 0.15) is 17.2 Å². The lowest BCUT2D eigenvalue weighted by Crippen LogP contribution is -2.43. The first kappa shape index (κ1) is 18.6. The van der Waals surface area contributed by atoms with Crippen molar-refractivity contribution in [1.82, 2.24) is 0 Å². The molecule has 2 atom stereocenters. The van der Waals surface area contributed by atoms with Crippen LogP contribution >= 0.6 is 0 Å². The third kappa shape index (κ3) is 2.74. The Labute approximate surface area is 152 Å². The number of ketones is 1. The van der Waals surface area contributed by atoms with Crippen molar-refractivity contribution < 1.29 is 22.9 Å². The van der Waals surface area contributed by atoms with Crippen LogP contribution in [0.4, 0.5) is 11.4 Å². The van der Waals surface area contributed by atoms with Gasteiger partial charge in [0, 0.05) is 6.42 Å². The summed E-state index contributed by atoms with van der Waals surface area (Å²) in [4.78, 5) is 23.1. The number of carbonyl (C=O) groups excluding carboxylic acids is 1. The van der Waals surface area contributed by atoms with Crippen LogP contribution in [-0.2, 0) is 14.8 Å². The van der Waals surface area contributed by atoms with E-state index in [1.807, 2.05) is 13.8 Å². The summed E-state index contributed by atoms with van der Waals surface area (Å²) in [5.41, 5.74) is -1.85. The molecule has 0 spiro atoms. The summed E-state index contributed by atoms with van der Waals surface area (Å²) in [6, 6.07) is 3.90. The molecule has 0 saturated heterocycles. The van der Waals surface area contributed by atoms with Gasteiger partial charge in [0.25, 0.3) is 5.69 Å². The fourth-order valence-electron chi connectivity index (χ4n) is 4.51. The van der Waals surface area contributed by atoms with Gasteiger partial charge in [0.15, 0.2) is 0 Å². The molecule has 9 heteroatoms. The summed E-state index contributed by atoms with van der Waals surface area (Å²) in [5.74, 6) is 0.0729. The van der Waals surface area contributed by atoms with Crippen molar-refractivity contribution in [2.45, 2.75) is 33.1 Å². The highest BCUT2D eigenvalue weighted by molar-refractivity contribution is 7.92. The second-order valence-electron chi connectivity index (χ2n) is 7.67. The molecule has 0 aliphatic heterocycles. The van der Waals surface area contributed by atoms with E-state index in [1.54, 1.807) is 0 Å². The lowest BCUT2D eigenvalue weighted by molar-refractivity contribution is -0.384. The number of sulfonamides is 1. The first-order valence-corrected chi connectivity index (χ1v) is 10.0. The Morgan fingerprint density at radius 3 is 2.58 bits per heavy atom. The van der Waals surface area contributed by atoms with Gasteiger partial charge < -0.3 is 4.74 Å². The molecule has 1 aromatic carbocycles. The highest BCUT2D eigenvalue weighted by Gasteiger charge is 2.65. The standard InChI is InChI=1S/C17H22N2O6S/c1-16(2)11-6-7-17(16,15(20)8-11)10-26(23,24)18-13-5-4-12(25-3)9-14(13)19(21)22/h4-5,9,11,18H,6-8,10H2,1-3H3. The number of nitrogens with zero attached hydrogens (tertiary/aromatic N) is 1. The molecule has 2 bridgehead atoms. The fourth-order valence-corrected chi connectivity index (χ4v) is 6.42. The maximum Gasteiger partial charge on any atom is 0.297 e. The number of hydrogen-bond donors (Lipinski definition) is 1. The number of fused-ring (bicyclic) bond motifs is 2. The van der Waals surface area contributed by atoms with Crippen LogP contribution in [0.2, 0.25) is 0 Å². The molecular formula is C17H22N2O6S. The number of methoxy groups -OCH3 is 1. The van der Waals surface area contributed by atoms with Gasteiger partial charge in [-0.15, -0.1) is 0 Å². The Morgan fingerprint density at radius 1 is 1.38 bits per heavy atom. The Balaban J connectivity index is 1.91. The highest BCUT2D eigenvalue weighted by atomic mass is 32.2. The molecule has 0 aromatic heterocycles. The second-order valence-corrected chi connectivity index (χ2v) is 9.39. The molecule has 0 amide bonds. The number of hydrogen-bond acceptors (Lipinski definition) is 6. The van der Waals surface area contributed by atoms with E-state index >= 15 is 0 Å². The minimum atomic E-state index is -3.96. The number of anilines is 1. The van der Waals surface area contributed by atoms with Crippen LogP contribution in [0, 0.1) is 26.9 Å². The number of Topliss-reactive ketones (excluding diaryl/α,β-unsaturated/α-hetero) is 1. The molecule has 2 aliphatic carbocycles. The topological polar surface area (TPSA) is 116 Å². The molecule has 0 heterocycles. The third-order valence-electron chi connectivity index (χ3n) is 6.24. The quantitative estimate of drug-likeness (QED) is 0.597. The number of rotatable bonds is 6. The molecule has 2 fully saturated rings. The number of nitrogens with one attached hydrogen (secondary N) is 1. The number of nitro groups is 1. The number of nitro benzene ring substituents is 1. The van der Waals surface area contributed by atoms with Crippen LogP contribution < -0.4 is 9.46 Å². The largest absolute Gasteiger partial charge is 0.496 e. The Hall–Kier alpha value is -2.16. The van der Waals surface area contributed by atoms with Crippen molar-refractivity contribution in [3.05, 3.63) is 28.3 Å². The van der Waals surface area contributed by atoms with E-state index in [9.17, 15) is 23.3 Å². The second kappa shape index (κ2) is 5.94. The summed E-state index contributed by atoms with van der Waals surface area (Å²) < 4.78 is 32.8. The number of ether oxygens (including phenoxy) is 1. The van der Waals surface area contributed by atoms with Gasteiger partial charge >= 0.3 is 0 Å². The lowest BCUT2D eigenvalue weighted by Gasteiger charge is -2.36.